The molecular formula is C30H33N5O3. The molecule has 8 heteroatoms. The van der Waals surface area contributed by atoms with Gasteiger partial charge in [-0.2, -0.15) is 0 Å². The van der Waals surface area contributed by atoms with Gasteiger partial charge in [0.25, 0.3) is 11.5 Å². The van der Waals surface area contributed by atoms with Crippen molar-refractivity contribution in [2.24, 2.45) is 7.05 Å². The molecule has 196 valence electrons. The van der Waals surface area contributed by atoms with Crippen LogP contribution in [0.25, 0.3) is 11.3 Å². The lowest BCUT2D eigenvalue weighted by molar-refractivity contribution is 0.102. The summed E-state index contributed by atoms with van der Waals surface area (Å²) in [6, 6.07) is 18.4. The SMILES string of the molecule is COc1ccc(Nc2nc(-c3cccc(NC(=O)c4ccc(C(C)(C)C)cc4)c3C)cn(C)c2=O)cc1N. The summed E-state index contributed by atoms with van der Waals surface area (Å²) in [4.78, 5) is 30.4. The van der Waals surface area contributed by atoms with E-state index in [-0.39, 0.29) is 22.7 Å². The lowest BCUT2D eigenvalue weighted by Crippen LogP contribution is -2.21. The van der Waals surface area contributed by atoms with Crippen molar-refractivity contribution < 1.29 is 9.53 Å². The number of nitrogens with two attached hydrogens (primary N) is 1. The van der Waals surface area contributed by atoms with Gasteiger partial charge in [-0.1, -0.05) is 45.0 Å². The number of nitrogens with zero attached hydrogens (tertiary/aromatic N) is 2. The molecule has 0 atom stereocenters. The number of nitrogens with one attached hydrogen (secondary N) is 2. The third-order valence-electron chi connectivity index (χ3n) is 6.43. The minimum atomic E-state index is -0.288. The first-order chi connectivity index (χ1) is 18.0. The second kappa shape index (κ2) is 10.4. The zero-order chi connectivity index (χ0) is 27.6. The van der Waals surface area contributed by atoms with E-state index in [1.165, 1.54) is 4.57 Å². The second-order valence-electron chi connectivity index (χ2n) is 10.2. The highest BCUT2D eigenvalue weighted by Crippen LogP contribution is 2.30. The number of anilines is 4. The standard InChI is InChI=1S/C30H33N5O3/c1-18-22(8-7-9-24(18)34-28(36)19-10-12-20(13-11-19)30(2,3)4)25-17-35(5)29(37)27(33-25)32-21-14-15-26(38-6)23(31)16-21/h7-17H,31H2,1-6H3,(H,32,33)(H,34,36). The fourth-order valence-corrected chi connectivity index (χ4v) is 4.13. The average molecular weight is 512 g/mol. The van der Waals surface area contributed by atoms with Crippen LogP contribution in [0, 0.1) is 6.92 Å². The van der Waals surface area contributed by atoms with Gasteiger partial charge in [0.15, 0.2) is 5.82 Å². The Morgan fingerprint density at radius 1 is 1.05 bits per heavy atom. The summed E-state index contributed by atoms with van der Waals surface area (Å²) in [5.74, 6) is 0.505. The van der Waals surface area contributed by atoms with Gasteiger partial charge in [-0.05, 0) is 59.9 Å². The van der Waals surface area contributed by atoms with Gasteiger partial charge in [0, 0.05) is 35.7 Å². The summed E-state index contributed by atoms with van der Waals surface area (Å²) < 4.78 is 6.68. The zero-order valence-corrected chi connectivity index (χ0v) is 22.5. The number of rotatable bonds is 6. The summed E-state index contributed by atoms with van der Waals surface area (Å²) in [5, 5.41) is 6.08. The average Bonchev–Trinajstić information content (AvgIpc) is 2.87. The molecule has 0 spiro atoms. The summed E-state index contributed by atoms with van der Waals surface area (Å²) in [6.45, 7) is 8.32. The van der Waals surface area contributed by atoms with E-state index >= 15 is 0 Å². The van der Waals surface area contributed by atoms with Gasteiger partial charge in [-0.3, -0.25) is 9.59 Å². The topological polar surface area (TPSA) is 111 Å². The van der Waals surface area contributed by atoms with Crippen LogP contribution < -0.4 is 26.7 Å². The molecule has 38 heavy (non-hydrogen) atoms. The summed E-state index contributed by atoms with van der Waals surface area (Å²) in [6.07, 6.45) is 1.68. The molecule has 3 aromatic carbocycles. The van der Waals surface area contributed by atoms with Gasteiger partial charge in [-0.25, -0.2) is 4.98 Å². The molecule has 0 aliphatic heterocycles. The van der Waals surface area contributed by atoms with Crippen molar-refractivity contribution in [3.05, 3.63) is 93.9 Å². The Morgan fingerprint density at radius 2 is 1.76 bits per heavy atom. The Balaban J connectivity index is 1.63. The molecule has 4 N–H and O–H groups in total. The number of methoxy groups -OCH3 is 1. The molecule has 0 saturated carbocycles. The van der Waals surface area contributed by atoms with Crippen molar-refractivity contribution in [2.75, 3.05) is 23.5 Å². The Bertz CT molecular complexity index is 1550. The molecule has 1 aromatic heterocycles. The van der Waals surface area contributed by atoms with Crippen molar-refractivity contribution in [1.82, 2.24) is 9.55 Å². The van der Waals surface area contributed by atoms with Gasteiger partial charge < -0.3 is 25.7 Å². The fourth-order valence-electron chi connectivity index (χ4n) is 4.13. The number of hydrogen-bond donors (Lipinski definition) is 3. The Kier molecular flexibility index (Phi) is 7.26. The highest BCUT2D eigenvalue weighted by Gasteiger charge is 2.17. The number of aryl methyl sites for hydroxylation is 1. The van der Waals surface area contributed by atoms with Crippen LogP contribution in [0.5, 0.6) is 5.75 Å². The van der Waals surface area contributed by atoms with Crippen LogP contribution in [0.4, 0.5) is 22.9 Å². The van der Waals surface area contributed by atoms with E-state index in [9.17, 15) is 9.59 Å². The number of amides is 1. The Hall–Kier alpha value is -4.59. The molecule has 0 unspecified atom stereocenters. The van der Waals surface area contributed by atoms with E-state index in [4.69, 9.17) is 10.5 Å². The minimum Gasteiger partial charge on any atom is -0.495 e. The van der Waals surface area contributed by atoms with Crippen LogP contribution in [0.2, 0.25) is 0 Å². The molecule has 4 rings (SSSR count). The van der Waals surface area contributed by atoms with Crippen LogP contribution in [0.1, 0.15) is 42.3 Å². The van der Waals surface area contributed by atoms with E-state index < -0.39 is 0 Å². The van der Waals surface area contributed by atoms with E-state index in [0.717, 1.165) is 16.7 Å². The predicted molar refractivity (Wildman–Crippen MR) is 153 cm³/mol. The van der Waals surface area contributed by atoms with Crippen LogP contribution in [-0.2, 0) is 12.5 Å². The highest BCUT2D eigenvalue weighted by molar-refractivity contribution is 6.05. The maximum Gasteiger partial charge on any atom is 0.293 e. The third kappa shape index (κ3) is 5.54. The monoisotopic (exact) mass is 511 g/mol. The first-order valence-corrected chi connectivity index (χ1v) is 12.3. The number of ether oxygens (including phenoxy) is 1. The first-order valence-electron chi connectivity index (χ1n) is 12.3. The number of nitrogen functional groups attached to an aromatic ring is 1. The highest BCUT2D eigenvalue weighted by atomic mass is 16.5. The number of hydrogen-bond acceptors (Lipinski definition) is 6. The maximum atomic E-state index is 13.0. The second-order valence-corrected chi connectivity index (χ2v) is 10.2. The molecule has 0 aliphatic rings. The molecular weight excluding hydrogens is 478 g/mol. The molecule has 4 aromatic rings. The molecule has 0 radical (unpaired) electrons. The van der Waals surface area contributed by atoms with Crippen molar-refractivity contribution in [1.29, 1.82) is 0 Å². The van der Waals surface area contributed by atoms with Gasteiger partial charge in [0.1, 0.15) is 5.75 Å². The van der Waals surface area contributed by atoms with E-state index in [0.29, 0.717) is 34.1 Å². The first kappa shape index (κ1) is 26.5. The van der Waals surface area contributed by atoms with Gasteiger partial charge >= 0.3 is 0 Å². The zero-order valence-electron chi connectivity index (χ0n) is 22.5. The molecule has 0 saturated heterocycles. The van der Waals surface area contributed by atoms with E-state index in [1.54, 1.807) is 38.6 Å². The molecule has 1 heterocycles. The largest absolute Gasteiger partial charge is 0.495 e. The molecule has 8 nitrogen and oxygen atoms in total. The Morgan fingerprint density at radius 3 is 2.39 bits per heavy atom. The predicted octanol–water partition coefficient (Wildman–Crippen LogP) is 5.64. The molecule has 1 amide bonds. The van der Waals surface area contributed by atoms with E-state index in [1.807, 2.05) is 49.4 Å². The molecule has 0 fully saturated rings. The van der Waals surface area contributed by atoms with Crippen molar-refractivity contribution in [3.8, 4) is 17.0 Å². The number of carbonyl (C=O) groups is 1. The lowest BCUT2D eigenvalue weighted by atomic mass is 9.86. The summed E-state index contributed by atoms with van der Waals surface area (Å²) >= 11 is 0. The van der Waals surface area contributed by atoms with Crippen LogP contribution >= 0.6 is 0 Å². The van der Waals surface area contributed by atoms with Crippen LogP contribution in [0.15, 0.2) is 71.7 Å². The summed E-state index contributed by atoms with van der Waals surface area (Å²) in [7, 11) is 3.21. The van der Waals surface area contributed by atoms with E-state index in [2.05, 4.69) is 36.4 Å². The van der Waals surface area contributed by atoms with Crippen molar-refractivity contribution >= 4 is 28.8 Å². The van der Waals surface area contributed by atoms with Gasteiger partial charge in [0.05, 0.1) is 18.5 Å². The van der Waals surface area contributed by atoms with Gasteiger partial charge in [0.2, 0.25) is 0 Å². The molecule has 0 aliphatic carbocycles. The van der Waals surface area contributed by atoms with Crippen LogP contribution in [0.3, 0.4) is 0 Å². The summed E-state index contributed by atoms with van der Waals surface area (Å²) in [5.41, 5.74) is 11.4. The normalized spacial score (nSPS) is 11.2. The lowest BCUT2D eigenvalue weighted by Gasteiger charge is -2.19. The van der Waals surface area contributed by atoms with Crippen molar-refractivity contribution in [2.45, 2.75) is 33.1 Å². The number of benzene rings is 3. The fraction of sp³-hybridized carbons (Fsp3) is 0.233. The number of aromatic nitrogens is 2. The minimum absolute atomic E-state index is 0.0103. The Labute approximate surface area is 222 Å². The molecule has 0 bridgehead atoms. The van der Waals surface area contributed by atoms with Gasteiger partial charge in [-0.15, -0.1) is 0 Å². The maximum absolute atomic E-state index is 13.0. The quantitative estimate of drug-likeness (QED) is 0.289. The van der Waals surface area contributed by atoms with Crippen LogP contribution in [-0.4, -0.2) is 22.6 Å². The van der Waals surface area contributed by atoms with Crippen molar-refractivity contribution in [3.63, 3.8) is 0 Å². The smallest absolute Gasteiger partial charge is 0.293 e. The number of carbonyl (C=O) groups excluding carboxylic acids is 1. The third-order valence-corrected chi connectivity index (χ3v) is 6.43.